The van der Waals surface area contributed by atoms with Gasteiger partial charge in [0.25, 0.3) is 0 Å². The summed E-state index contributed by atoms with van der Waals surface area (Å²) in [5.41, 5.74) is 2.88. The van der Waals surface area contributed by atoms with E-state index in [0.717, 1.165) is 17.7 Å². The Labute approximate surface area is 143 Å². The first-order chi connectivity index (χ1) is 11.8. The predicted molar refractivity (Wildman–Crippen MR) is 91.6 cm³/mol. The van der Waals surface area contributed by atoms with Crippen molar-refractivity contribution in [1.82, 2.24) is 19.8 Å². The molecule has 6 heteroatoms. The highest BCUT2D eigenvalue weighted by molar-refractivity contribution is 6.28. The molecule has 0 saturated carbocycles. The van der Waals surface area contributed by atoms with Gasteiger partial charge in [0.2, 0.25) is 11.2 Å². The van der Waals surface area contributed by atoms with E-state index in [0.29, 0.717) is 11.5 Å². The molecule has 0 atom stereocenters. The summed E-state index contributed by atoms with van der Waals surface area (Å²) in [4.78, 5) is 0. The number of hydrogen-bond donors (Lipinski definition) is 0. The number of fused-ring (bicyclic) bond motifs is 1. The minimum Gasteiger partial charge on any atom is -0.437 e. The van der Waals surface area contributed by atoms with Crippen LogP contribution < -0.4 is 4.74 Å². The fourth-order valence-electron chi connectivity index (χ4n) is 2.48. The van der Waals surface area contributed by atoms with Crippen LogP contribution in [0.4, 0.5) is 0 Å². The molecule has 4 rings (SSSR count). The Kier molecular flexibility index (Phi) is 3.84. The summed E-state index contributed by atoms with van der Waals surface area (Å²) < 4.78 is 7.41. The first-order valence-electron chi connectivity index (χ1n) is 7.47. The number of ether oxygens (including phenoxy) is 1. The molecular weight excluding hydrogens is 324 g/mol. The second-order valence-corrected chi connectivity index (χ2v) is 5.62. The normalized spacial score (nSPS) is 10.9. The molecule has 118 valence electrons. The average molecular weight is 337 g/mol. The molecule has 2 aromatic heterocycles. The first kappa shape index (κ1) is 14.7. The van der Waals surface area contributed by atoms with Crippen molar-refractivity contribution in [3.63, 3.8) is 0 Å². The zero-order valence-electron chi connectivity index (χ0n) is 12.6. The third-order valence-electron chi connectivity index (χ3n) is 3.62. The maximum atomic E-state index is 5.97. The summed E-state index contributed by atoms with van der Waals surface area (Å²) >= 11 is 5.96. The van der Waals surface area contributed by atoms with Crippen molar-refractivity contribution in [2.45, 2.75) is 6.42 Å². The monoisotopic (exact) mass is 336 g/mol. The highest BCUT2D eigenvalue weighted by Gasteiger charge is 2.09. The zero-order chi connectivity index (χ0) is 16.4. The van der Waals surface area contributed by atoms with Gasteiger partial charge in [-0.1, -0.05) is 48.5 Å². The van der Waals surface area contributed by atoms with Crippen LogP contribution in [0.15, 0.2) is 66.7 Å². The molecule has 4 aromatic rings. The van der Waals surface area contributed by atoms with Crippen LogP contribution in [0.1, 0.15) is 11.1 Å². The molecule has 0 amide bonds. The van der Waals surface area contributed by atoms with E-state index in [2.05, 4.69) is 27.4 Å². The molecule has 24 heavy (non-hydrogen) atoms. The van der Waals surface area contributed by atoms with Gasteiger partial charge in [-0.05, 0) is 34.9 Å². The van der Waals surface area contributed by atoms with Gasteiger partial charge in [0.05, 0.1) is 0 Å². The van der Waals surface area contributed by atoms with Crippen LogP contribution in [0.3, 0.4) is 0 Å². The Balaban J connectivity index is 1.65. The summed E-state index contributed by atoms with van der Waals surface area (Å²) in [6.45, 7) is 0. The molecule has 0 bridgehead atoms. The minimum atomic E-state index is 0.202. The quantitative estimate of drug-likeness (QED) is 0.561. The van der Waals surface area contributed by atoms with E-state index in [1.54, 1.807) is 12.1 Å². The van der Waals surface area contributed by atoms with Gasteiger partial charge < -0.3 is 4.74 Å². The maximum absolute atomic E-state index is 5.97. The van der Waals surface area contributed by atoms with Crippen LogP contribution in [-0.2, 0) is 6.42 Å². The second-order valence-electron chi connectivity index (χ2n) is 5.28. The van der Waals surface area contributed by atoms with Gasteiger partial charge in [0.1, 0.15) is 5.75 Å². The van der Waals surface area contributed by atoms with Gasteiger partial charge in [0, 0.05) is 12.5 Å². The number of para-hydroxylation sites is 1. The van der Waals surface area contributed by atoms with E-state index in [1.807, 2.05) is 42.5 Å². The van der Waals surface area contributed by atoms with Crippen molar-refractivity contribution in [3.8, 4) is 11.6 Å². The lowest BCUT2D eigenvalue weighted by molar-refractivity contribution is 0.448. The Bertz CT molecular complexity index is 985. The van der Waals surface area contributed by atoms with E-state index in [-0.39, 0.29) is 5.28 Å². The highest BCUT2D eigenvalue weighted by Crippen LogP contribution is 2.26. The summed E-state index contributed by atoms with van der Waals surface area (Å²) in [5.74, 6) is 1.20. The SMILES string of the molecule is Clc1nnc2ccc(Oc3ccccc3Cc3ccccc3)nn12. The van der Waals surface area contributed by atoms with Crippen molar-refractivity contribution in [2.24, 2.45) is 0 Å². The number of benzene rings is 2. The van der Waals surface area contributed by atoms with Crippen LogP contribution in [0.25, 0.3) is 5.65 Å². The van der Waals surface area contributed by atoms with Crippen molar-refractivity contribution in [1.29, 1.82) is 0 Å². The summed E-state index contributed by atoms with van der Waals surface area (Å²) in [6.07, 6.45) is 0.784. The molecule has 0 aliphatic carbocycles. The molecule has 0 saturated heterocycles. The average Bonchev–Trinajstić information content (AvgIpc) is 2.98. The molecule has 0 aliphatic rings. The number of rotatable bonds is 4. The highest BCUT2D eigenvalue weighted by atomic mass is 35.5. The van der Waals surface area contributed by atoms with E-state index >= 15 is 0 Å². The van der Waals surface area contributed by atoms with Gasteiger partial charge in [-0.2, -0.15) is 4.52 Å². The molecular formula is C18H13ClN4O. The van der Waals surface area contributed by atoms with Crippen LogP contribution in [0.5, 0.6) is 11.6 Å². The molecule has 0 N–H and O–H groups in total. The largest absolute Gasteiger partial charge is 0.437 e. The van der Waals surface area contributed by atoms with E-state index in [1.165, 1.54) is 10.1 Å². The van der Waals surface area contributed by atoms with Crippen LogP contribution in [-0.4, -0.2) is 19.8 Å². The number of aromatic nitrogens is 4. The Hall–Kier alpha value is -2.92. The van der Waals surface area contributed by atoms with Crippen molar-refractivity contribution in [3.05, 3.63) is 83.1 Å². The smallest absolute Gasteiger partial charge is 0.246 e. The maximum Gasteiger partial charge on any atom is 0.246 e. The molecule has 0 aliphatic heterocycles. The third kappa shape index (κ3) is 2.94. The van der Waals surface area contributed by atoms with Crippen LogP contribution in [0.2, 0.25) is 5.28 Å². The molecule has 5 nitrogen and oxygen atoms in total. The summed E-state index contributed by atoms with van der Waals surface area (Å²) in [5, 5.41) is 12.2. The van der Waals surface area contributed by atoms with Crippen LogP contribution >= 0.6 is 11.6 Å². The van der Waals surface area contributed by atoms with Gasteiger partial charge in [0.15, 0.2) is 5.65 Å². The van der Waals surface area contributed by atoms with Gasteiger partial charge in [-0.25, -0.2) is 0 Å². The second kappa shape index (κ2) is 6.29. The van der Waals surface area contributed by atoms with Gasteiger partial charge in [-0.3, -0.25) is 0 Å². The first-order valence-corrected chi connectivity index (χ1v) is 7.85. The van der Waals surface area contributed by atoms with Crippen LogP contribution in [0, 0.1) is 0 Å². The summed E-state index contributed by atoms with van der Waals surface area (Å²) in [6, 6.07) is 21.7. The van der Waals surface area contributed by atoms with E-state index < -0.39 is 0 Å². The fourth-order valence-corrected chi connectivity index (χ4v) is 2.64. The van der Waals surface area contributed by atoms with E-state index in [4.69, 9.17) is 16.3 Å². The molecule has 2 aromatic carbocycles. The molecule has 0 fully saturated rings. The molecule has 0 unspecified atom stereocenters. The Morgan fingerprint density at radius 2 is 1.67 bits per heavy atom. The zero-order valence-corrected chi connectivity index (χ0v) is 13.4. The number of nitrogens with zero attached hydrogens (tertiary/aromatic N) is 4. The van der Waals surface area contributed by atoms with Gasteiger partial charge >= 0.3 is 0 Å². The number of halogens is 1. The molecule has 0 radical (unpaired) electrons. The lowest BCUT2D eigenvalue weighted by Gasteiger charge is -2.10. The Morgan fingerprint density at radius 1 is 0.875 bits per heavy atom. The Morgan fingerprint density at radius 3 is 2.54 bits per heavy atom. The number of hydrogen-bond acceptors (Lipinski definition) is 4. The third-order valence-corrected chi connectivity index (χ3v) is 3.86. The molecule has 0 spiro atoms. The van der Waals surface area contributed by atoms with Crippen molar-refractivity contribution in [2.75, 3.05) is 0 Å². The minimum absolute atomic E-state index is 0.202. The fraction of sp³-hybridized carbons (Fsp3) is 0.0556. The topological polar surface area (TPSA) is 52.3 Å². The lowest BCUT2D eigenvalue weighted by Crippen LogP contribution is -1.98. The van der Waals surface area contributed by atoms with Crippen molar-refractivity contribution < 1.29 is 4.74 Å². The summed E-state index contributed by atoms with van der Waals surface area (Å²) in [7, 11) is 0. The standard InChI is InChI=1S/C18H13ClN4O/c19-18-21-20-16-10-11-17(22-23(16)18)24-15-9-5-4-8-14(15)12-13-6-2-1-3-7-13/h1-11H,12H2. The predicted octanol–water partition coefficient (Wildman–Crippen LogP) is 4.16. The van der Waals surface area contributed by atoms with E-state index in [9.17, 15) is 0 Å². The molecule has 2 heterocycles. The van der Waals surface area contributed by atoms with Gasteiger partial charge in [-0.15, -0.1) is 15.3 Å². The van der Waals surface area contributed by atoms with Crippen molar-refractivity contribution >= 4 is 17.2 Å². The lowest BCUT2D eigenvalue weighted by atomic mass is 10.0.